The Labute approximate surface area is 59.0 Å². The van der Waals surface area contributed by atoms with Gasteiger partial charge in [0, 0.05) is 0 Å². The van der Waals surface area contributed by atoms with Gasteiger partial charge in [0.1, 0.15) is 6.17 Å². The van der Waals surface area contributed by atoms with Gasteiger partial charge in [-0.3, -0.25) is 0 Å². The summed E-state index contributed by atoms with van der Waals surface area (Å²) in [6.45, 7) is 0. The lowest BCUT2D eigenvalue weighted by molar-refractivity contribution is 0.370. The normalized spacial score (nSPS) is 24.3. The number of hydrogen-bond donors (Lipinski definition) is 1. The molecule has 1 aliphatic rings. The Morgan fingerprint density at radius 3 is 3.40 bits per heavy atom. The van der Waals surface area contributed by atoms with Crippen molar-refractivity contribution in [3.05, 3.63) is 11.9 Å². The van der Waals surface area contributed by atoms with Crippen LogP contribution in [0.4, 0.5) is 0 Å². The Morgan fingerprint density at radius 2 is 2.60 bits per heavy atom. The highest BCUT2D eigenvalue weighted by Gasteiger charge is 2.15. The zero-order valence-corrected chi connectivity index (χ0v) is 5.70. The lowest BCUT2D eigenvalue weighted by Gasteiger charge is -2.18. The molecule has 1 aromatic heterocycles. The van der Waals surface area contributed by atoms with E-state index in [4.69, 9.17) is 5.73 Å². The number of hydrogen-bond acceptors (Lipinski definition) is 3. The van der Waals surface area contributed by atoms with Gasteiger partial charge in [0.15, 0.2) is 0 Å². The molecule has 0 aliphatic carbocycles. The Bertz CT molecular complexity index is 229. The summed E-state index contributed by atoms with van der Waals surface area (Å²) in [6, 6.07) is 0. The highest BCUT2D eigenvalue weighted by atomic mass is 15.5. The van der Waals surface area contributed by atoms with Crippen molar-refractivity contribution in [3.8, 4) is 0 Å². The third-order valence-corrected chi connectivity index (χ3v) is 1.90. The molecule has 2 N–H and O–H groups in total. The minimum atomic E-state index is 0.0613. The molecule has 1 atom stereocenters. The number of nitrogens with zero attached hydrogens (tertiary/aromatic N) is 3. The summed E-state index contributed by atoms with van der Waals surface area (Å²) >= 11 is 0. The van der Waals surface area contributed by atoms with E-state index >= 15 is 0 Å². The van der Waals surface area contributed by atoms with E-state index in [0.29, 0.717) is 0 Å². The SMILES string of the molecule is NC1CCCc2cnnn21. The molecule has 0 fully saturated rings. The van der Waals surface area contributed by atoms with Gasteiger partial charge in [0.2, 0.25) is 0 Å². The second kappa shape index (κ2) is 2.05. The number of fused-ring (bicyclic) bond motifs is 1. The predicted molar refractivity (Wildman–Crippen MR) is 36.2 cm³/mol. The number of nitrogens with two attached hydrogens (primary N) is 1. The van der Waals surface area contributed by atoms with Crippen molar-refractivity contribution in [2.24, 2.45) is 5.73 Å². The zero-order chi connectivity index (χ0) is 6.97. The van der Waals surface area contributed by atoms with E-state index in [0.717, 1.165) is 19.3 Å². The topological polar surface area (TPSA) is 56.7 Å². The first-order valence-corrected chi connectivity index (χ1v) is 3.52. The van der Waals surface area contributed by atoms with Gasteiger partial charge in [-0.1, -0.05) is 5.21 Å². The Morgan fingerprint density at radius 1 is 1.70 bits per heavy atom. The molecular weight excluding hydrogens is 128 g/mol. The number of aryl methyl sites for hydroxylation is 1. The molecule has 1 unspecified atom stereocenters. The Kier molecular flexibility index (Phi) is 1.20. The summed E-state index contributed by atoms with van der Waals surface area (Å²) in [4.78, 5) is 0. The Hall–Kier alpha value is -0.900. The Balaban J connectivity index is 2.41. The van der Waals surface area contributed by atoms with Crippen LogP contribution in [0.5, 0.6) is 0 Å². The van der Waals surface area contributed by atoms with Crippen LogP contribution in [0, 0.1) is 0 Å². The van der Waals surface area contributed by atoms with Crippen molar-refractivity contribution in [1.82, 2.24) is 15.0 Å². The van der Waals surface area contributed by atoms with Crippen LogP contribution in [-0.4, -0.2) is 15.0 Å². The van der Waals surface area contributed by atoms with E-state index < -0.39 is 0 Å². The molecule has 0 saturated heterocycles. The molecule has 0 bridgehead atoms. The number of aromatic nitrogens is 3. The summed E-state index contributed by atoms with van der Waals surface area (Å²) in [7, 11) is 0. The van der Waals surface area contributed by atoms with Crippen LogP contribution in [0.15, 0.2) is 6.20 Å². The third-order valence-electron chi connectivity index (χ3n) is 1.90. The lowest BCUT2D eigenvalue weighted by Crippen LogP contribution is -2.25. The van der Waals surface area contributed by atoms with Gasteiger partial charge in [-0.05, 0) is 19.3 Å². The highest BCUT2D eigenvalue weighted by Crippen LogP contribution is 2.17. The van der Waals surface area contributed by atoms with Gasteiger partial charge in [-0.2, -0.15) is 0 Å². The predicted octanol–water partition coefficient (Wildman–Crippen LogP) is 0.0717. The minimum absolute atomic E-state index is 0.0613. The quantitative estimate of drug-likeness (QED) is 0.552. The molecule has 1 aromatic rings. The summed E-state index contributed by atoms with van der Waals surface area (Å²) in [5.74, 6) is 0. The monoisotopic (exact) mass is 138 g/mol. The van der Waals surface area contributed by atoms with Crippen molar-refractivity contribution in [2.45, 2.75) is 25.4 Å². The third kappa shape index (κ3) is 0.724. The van der Waals surface area contributed by atoms with Crippen LogP contribution >= 0.6 is 0 Å². The highest BCUT2D eigenvalue weighted by molar-refractivity contribution is 4.98. The maximum Gasteiger partial charge on any atom is 0.101 e. The maximum atomic E-state index is 5.75. The zero-order valence-electron chi connectivity index (χ0n) is 5.70. The molecule has 0 spiro atoms. The van der Waals surface area contributed by atoms with Crippen LogP contribution < -0.4 is 5.73 Å². The van der Waals surface area contributed by atoms with Crippen molar-refractivity contribution in [1.29, 1.82) is 0 Å². The molecule has 10 heavy (non-hydrogen) atoms. The van der Waals surface area contributed by atoms with Gasteiger partial charge < -0.3 is 5.73 Å². The van der Waals surface area contributed by atoms with Gasteiger partial charge in [-0.25, -0.2) is 4.68 Å². The van der Waals surface area contributed by atoms with E-state index in [2.05, 4.69) is 10.3 Å². The van der Waals surface area contributed by atoms with Crippen LogP contribution in [0.3, 0.4) is 0 Å². The first-order valence-electron chi connectivity index (χ1n) is 3.52. The molecule has 1 aliphatic heterocycles. The molecule has 4 nitrogen and oxygen atoms in total. The fourth-order valence-corrected chi connectivity index (χ4v) is 1.34. The first-order chi connectivity index (χ1) is 4.88. The number of rotatable bonds is 0. The molecule has 54 valence electrons. The second-order valence-corrected chi connectivity index (χ2v) is 2.63. The van der Waals surface area contributed by atoms with E-state index in [-0.39, 0.29) is 6.17 Å². The molecule has 2 rings (SSSR count). The van der Waals surface area contributed by atoms with E-state index in [1.807, 2.05) is 4.68 Å². The lowest BCUT2D eigenvalue weighted by atomic mass is 10.1. The molecule has 4 heteroatoms. The van der Waals surface area contributed by atoms with Crippen LogP contribution in [0.25, 0.3) is 0 Å². The van der Waals surface area contributed by atoms with E-state index in [9.17, 15) is 0 Å². The van der Waals surface area contributed by atoms with Crippen LogP contribution in [0.1, 0.15) is 24.7 Å². The van der Waals surface area contributed by atoms with Gasteiger partial charge >= 0.3 is 0 Å². The van der Waals surface area contributed by atoms with Gasteiger partial charge in [0.05, 0.1) is 11.9 Å². The fraction of sp³-hybridized carbons (Fsp3) is 0.667. The van der Waals surface area contributed by atoms with E-state index in [1.165, 1.54) is 5.69 Å². The van der Waals surface area contributed by atoms with Crippen molar-refractivity contribution in [3.63, 3.8) is 0 Å². The molecule has 0 aromatic carbocycles. The van der Waals surface area contributed by atoms with Crippen LogP contribution in [0.2, 0.25) is 0 Å². The molecule has 0 amide bonds. The maximum absolute atomic E-state index is 5.75. The second-order valence-electron chi connectivity index (χ2n) is 2.63. The summed E-state index contributed by atoms with van der Waals surface area (Å²) in [5, 5.41) is 7.67. The van der Waals surface area contributed by atoms with E-state index in [1.54, 1.807) is 6.20 Å². The van der Waals surface area contributed by atoms with Gasteiger partial charge in [0.25, 0.3) is 0 Å². The summed E-state index contributed by atoms with van der Waals surface area (Å²) in [5.41, 5.74) is 6.92. The summed E-state index contributed by atoms with van der Waals surface area (Å²) < 4.78 is 1.81. The summed E-state index contributed by atoms with van der Waals surface area (Å²) in [6.07, 6.45) is 5.11. The molecular formula is C6H10N4. The first kappa shape index (κ1) is 5.85. The van der Waals surface area contributed by atoms with Crippen molar-refractivity contribution in [2.75, 3.05) is 0 Å². The fourth-order valence-electron chi connectivity index (χ4n) is 1.34. The standard InChI is InChI=1S/C6H10N4/c7-6-3-1-2-5-4-8-9-10(5)6/h4,6H,1-3,7H2. The smallest absolute Gasteiger partial charge is 0.101 e. The van der Waals surface area contributed by atoms with Crippen LogP contribution in [-0.2, 0) is 6.42 Å². The minimum Gasteiger partial charge on any atom is -0.310 e. The van der Waals surface area contributed by atoms with Gasteiger partial charge in [-0.15, -0.1) is 5.10 Å². The molecule has 0 saturated carbocycles. The van der Waals surface area contributed by atoms with Crippen molar-refractivity contribution >= 4 is 0 Å². The average molecular weight is 138 g/mol. The molecule has 2 heterocycles. The average Bonchev–Trinajstić information content (AvgIpc) is 2.36. The largest absolute Gasteiger partial charge is 0.310 e. The van der Waals surface area contributed by atoms with Crippen molar-refractivity contribution < 1.29 is 0 Å². The molecule has 0 radical (unpaired) electrons.